The molecule has 2 aliphatic heterocycles. The molecule has 0 spiro atoms. The lowest BCUT2D eigenvalue weighted by Crippen LogP contribution is -2.34. The van der Waals surface area contributed by atoms with Gasteiger partial charge in [-0.15, -0.1) is 0 Å². The van der Waals surface area contributed by atoms with Crippen molar-refractivity contribution < 1.29 is 29.3 Å². The average Bonchev–Trinajstić information content (AvgIpc) is 3.59. The molecule has 4 atom stereocenters. The number of carbonyl (C=O) groups is 3. The molecule has 1 aromatic heterocycles. The van der Waals surface area contributed by atoms with Crippen molar-refractivity contribution in [1.29, 1.82) is 0 Å². The van der Waals surface area contributed by atoms with Gasteiger partial charge in [0.2, 0.25) is 11.8 Å². The number of hydrogen-bond acceptors (Lipinski definition) is 6. The Morgan fingerprint density at radius 3 is 2.54 bits per heavy atom. The lowest BCUT2D eigenvalue weighted by atomic mass is 9.68. The molecular formula is C38H42N2O6. The molecule has 2 fully saturated rings. The monoisotopic (exact) mass is 622 g/mol. The van der Waals surface area contributed by atoms with Crippen molar-refractivity contribution in [3.63, 3.8) is 0 Å². The Morgan fingerprint density at radius 2 is 1.78 bits per heavy atom. The highest BCUT2D eigenvalue weighted by Crippen LogP contribution is 2.51. The molecule has 3 aliphatic rings. The van der Waals surface area contributed by atoms with Gasteiger partial charge in [-0.2, -0.15) is 0 Å². The van der Waals surface area contributed by atoms with Gasteiger partial charge in [0.05, 0.1) is 30.2 Å². The van der Waals surface area contributed by atoms with Gasteiger partial charge in [0.15, 0.2) is 0 Å². The molecule has 2 amide bonds. The summed E-state index contributed by atoms with van der Waals surface area (Å²) in [7, 11) is 0. The number of phenols is 1. The summed E-state index contributed by atoms with van der Waals surface area (Å²) in [6, 6.07) is 17.4. The number of benzene rings is 2. The summed E-state index contributed by atoms with van der Waals surface area (Å²) in [5.41, 5.74) is 5.45. The van der Waals surface area contributed by atoms with E-state index in [1.54, 1.807) is 12.3 Å². The third kappa shape index (κ3) is 6.36. The SMILES string of the molecule is CCCC1=C2[C@@H](CC/C(=C/c3ccc(O)c4ccccc34)c3ccccn3)OC[C@@H]2[C@@H]2C(=O)N(CCCCCC(=O)O)C(=O)[C@@H]2C1. The van der Waals surface area contributed by atoms with Crippen LogP contribution in [0.3, 0.4) is 0 Å². The van der Waals surface area contributed by atoms with Crippen molar-refractivity contribution in [2.45, 2.75) is 70.8 Å². The number of ether oxygens (including phenoxy) is 1. The van der Waals surface area contributed by atoms with Crippen LogP contribution in [0.5, 0.6) is 5.75 Å². The van der Waals surface area contributed by atoms with E-state index in [1.807, 2.05) is 48.5 Å². The van der Waals surface area contributed by atoms with Crippen molar-refractivity contribution >= 4 is 40.2 Å². The molecule has 46 heavy (non-hydrogen) atoms. The van der Waals surface area contributed by atoms with Gasteiger partial charge in [0.1, 0.15) is 5.75 Å². The highest BCUT2D eigenvalue weighted by Gasteiger charge is 2.56. The molecule has 6 rings (SSSR count). The first kappa shape index (κ1) is 31.7. The van der Waals surface area contributed by atoms with Gasteiger partial charge < -0.3 is 14.9 Å². The maximum Gasteiger partial charge on any atom is 0.303 e. The molecular weight excluding hydrogens is 580 g/mol. The van der Waals surface area contributed by atoms with E-state index in [-0.39, 0.29) is 47.8 Å². The summed E-state index contributed by atoms with van der Waals surface area (Å²) in [6.45, 7) is 2.93. The number of unbranched alkanes of at least 4 members (excludes halogenated alkanes) is 2. The van der Waals surface area contributed by atoms with E-state index in [0.717, 1.165) is 46.9 Å². The maximum absolute atomic E-state index is 13.7. The third-order valence-corrected chi connectivity index (χ3v) is 9.86. The predicted octanol–water partition coefficient (Wildman–Crippen LogP) is 7.02. The molecule has 0 saturated carbocycles. The van der Waals surface area contributed by atoms with Gasteiger partial charge in [-0.05, 0) is 84.9 Å². The van der Waals surface area contributed by atoms with Crippen LogP contribution in [-0.2, 0) is 19.1 Å². The van der Waals surface area contributed by atoms with E-state index >= 15 is 0 Å². The van der Waals surface area contributed by atoms with Crippen LogP contribution < -0.4 is 0 Å². The molecule has 8 nitrogen and oxygen atoms in total. The number of carbonyl (C=O) groups excluding carboxylic acids is 2. The number of carboxylic acid groups (broad SMARTS) is 1. The number of aromatic nitrogens is 1. The Balaban J connectivity index is 1.23. The minimum atomic E-state index is -0.825. The molecule has 240 valence electrons. The number of aliphatic carboxylic acids is 1. The van der Waals surface area contributed by atoms with E-state index in [1.165, 1.54) is 16.0 Å². The standard InChI is InChI=1S/C38H42N2O6/c1-2-10-26-22-29-36(38(45)40(37(29)44)20-9-3-4-14-34(42)43)30-23-46-33(35(26)30)18-16-25(31-13-7-8-19-39-31)21-24-15-17-32(41)28-12-6-5-11-27(24)28/h5-8,11-13,15,17,19,21,29-30,33,36,41H,2-4,9-10,14,16,18,20,22-23H2,1H3,(H,42,43)/b25-21-/t29-,30+,33-,36-/m1/s1. The zero-order valence-electron chi connectivity index (χ0n) is 26.4. The topological polar surface area (TPSA) is 117 Å². The lowest BCUT2D eigenvalue weighted by Gasteiger charge is -2.32. The molecule has 2 N–H and O–H groups in total. The fourth-order valence-corrected chi connectivity index (χ4v) is 7.75. The Bertz CT molecular complexity index is 1680. The minimum Gasteiger partial charge on any atom is -0.507 e. The first-order valence-corrected chi connectivity index (χ1v) is 16.6. The summed E-state index contributed by atoms with van der Waals surface area (Å²) >= 11 is 0. The van der Waals surface area contributed by atoms with Gasteiger partial charge in [-0.25, -0.2) is 0 Å². The first-order chi connectivity index (χ1) is 22.4. The number of amides is 2. The van der Waals surface area contributed by atoms with Crippen LogP contribution in [0.4, 0.5) is 0 Å². The van der Waals surface area contributed by atoms with Crippen LogP contribution in [0.25, 0.3) is 22.4 Å². The number of aromatic hydroxyl groups is 1. The molecule has 8 heteroatoms. The van der Waals surface area contributed by atoms with Gasteiger partial charge in [0, 0.05) is 30.5 Å². The van der Waals surface area contributed by atoms with E-state index in [9.17, 15) is 19.5 Å². The van der Waals surface area contributed by atoms with Crippen LogP contribution in [0.15, 0.2) is 71.9 Å². The zero-order valence-corrected chi connectivity index (χ0v) is 26.4. The summed E-state index contributed by atoms with van der Waals surface area (Å²) in [5.74, 6) is -1.57. The second kappa shape index (κ2) is 14.0. The van der Waals surface area contributed by atoms with Crippen LogP contribution >= 0.6 is 0 Å². The highest BCUT2D eigenvalue weighted by molar-refractivity contribution is 6.06. The first-order valence-electron chi connectivity index (χ1n) is 16.6. The summed E-state index contributed by atoms with van der Waals surface area (Å²) < 4.78 is 6.49. The normalized spacial score (nSPS) is 22.9. The fraction of sp³-hybridized carbons (Fsp3) is 0.421. The van der Waals surface area contributed by atoms with E-state index < -0.39 is 5.97 Å². The number of imide groups is 1. The fourth-order valence-electron chi connectivity index (χ4n) is 7.75. The number of likely N-dealkylation sites (tertiary alicyclic amines) is 1. The number of allylic oxidation sites excluding steroid dienone is 2. The highest BCUT2D eigenvalue weighted by atomic mass is 16.5. The predicted molar refractivity (Wildman–Crippen MR) is 177 cm³/mol. The lowest BCUT2D eigenvalue weighted by molar-refractivity contribution is -0.141. The van der Waals surface area contributed by atoms with Gasteiger partial charge in [-0.3, -0.25) is 24.3 Å². The van der Waals surface area contributed by atoms with E-state index in [2.05, 4.69) is 18.0 Å². The van der Waals surface area contributed by atoms with Crippen molar-refractivity contribution in [2.24, 2.45) is 17.8 Å². The largest absolute Gasteiger partial charge is 0.507 e. The molecule has 1 aliphatic carbocycles. The average molecular weight is 623 g/mol. The second-order valence-corrected chi connectivity index (χ2v) is 12.7. The molecule has 3 heterocycles. The number of hydrogen-bond donors (Lipinski definition) is 2. The van der Waals surface area contributed by atoms with Crippen molar-refractivity contribution in [3.8, 4) is 5.75 Å². The summed E-state index contributed by atoms with van der Waals surface area (Å²) in [5, 5.41) is 21.1. The number of fused-ring (bicyclic) bond motifs is 4. The van der Waals surface area contributed by atoms with Gasteiger partial charge in [0.25, 0.3) is 0 Å². The van der Waals surface area contributed by atoms with E-state index in [0.29, 0.717) is 45.3 Å². The minimum absolute atomic E-state index is 0.0779. The number of nitrogens with zero attached hydrogens (tertiary/aromatic N) is 2. The molecule has 2 saturated heterocycles. The van der Waals surface area contributed by atoms with Crippen LogP contribution in [0.2, 0.25) is 0 Å². The summed E-state index contributed by atoms with van der Waals surface area (Å²) in [4.78, 5) is 44.2. The van der Waals surface area contributed by atoms with Gasteiger partial charge in [-0.1, -0.05) is 61.7 Å². The Hall–Kier alpha value is -4.30. The molecule has 2 aromatic carbocycles. The zero-order chi connectivity index (χ0) is 32.2. The maximum atomic E-state index is 13.7. The van der Waals surface area contributed by atoms with Crippen LogP contribution in [-0.4, -0.2) is 57.1 Å². The molecule has 3 aromatic rings. The van der Waals surface area contributed by atoms with Crippen molar-refractivity contribution in [2.75, 3.05) is 13.2 Å². The Morgan fingerprint density at radius 1 is 0.978 bits per heavy atom. The molecule has 0 radical (unpaired) electrons. The number of phenolic OH excluding ortho intramolecular Hbond substituents is 1. The number of pyridine rings is 1. The van der Waals surface area contributed by atoms with Crippen LogP contribution in [0.1, 0.15) is 76.0 Å². The third-order valence-electron chi connectivity index (χ3n) is 9.86. The van der Waals surface area contributed by atoms with E-state index in [4.69, 9.17) is 9.84 Å². The Kier molecular flexibility index (Phi) is 9.64. The Labute approximate surface area is 269 Å². The van der Waals surface area contributed by atoms with Crippen LogP contribution in [0, 0.1) is 17.8 Å². The molecule has 0 bridgehead atoms. The smallest absolute Gasteiger partial charge is 0.303 e. The molecule has 0 unspecified atom stereocenters. The van der Waals surface area contributed by atoms with Crippen molar-refractivity contribution in [1.82, 2.24) is 9.88 Å². The number of rotatable bonds is 13. The van der Waals surface area contributed by atoms with Crippen molar-refractivity contribution in [3.05, 3.63) is 83.2 Å². The number of carboxylic acids is 1. The second-order valence-electron chi connectivity index (χ2n) is 12.7. The van der Waals surface area contributed by atoms with Gasteiger partial charge >= 0.3 is 5.97 Å². The summed E-state index contributed by atoms with van der Waals surface area (Å²) in [6.07, 6.45) is 9.62. The quantitative estimate of drug-likeness (QED) is 0.119.